The van der Waals surface area contributed by atoms with Crippen LogP contribution in [0.4, 0.5) is 5.69 Å². The third-order valence-corrected chi connectivity index (χ3v) is 4.78. The van der Waals surface area contributed by atoms with E-state index >= 15 is 0 Å². The predicted molar refractivity (Wildman–Crippen MR) is 107 cm³/mol. The van der Waals surface area contributed by atoms with E-state index in [9.17, 15) is 14.4 Å². The highest BCUT2D eigenvalue weighted by Crippen LogP contribution is 2.25. The number of carbonyl (C=O) groups excluding carboxylic acids is 3. The van der Waals surface area contributed by atoms with Crippen LogP contribution in [0.3, 0.4) is 0 Å². The fourth-order valence-electron chi connectivity index (χ4n) is 3.30. The zero-order valence-corrected chi connectivity index (χ0v) is 17.3. The van der Waals surface area contributed by atoms with Gasteiger partial charge in [-0.05, 0) is 37.1 Å². The zero-order chi connectivity index (χ0) is 20.4. The summed E-state index contributed by atoms with van der Waals surface area (Å²) in [5.74, 6) is -0.139. The van der Waals surface area contributed by atoms with E-state index in [1.54, 1.807) is 21.6 Å². The monoisotopic (exact) mass is 373 g/mol. The van der Waals surface area contributed by atoms with Gasteiger partial charge in [0.05, 0.1) is 0 Å². The summed E-state index contributed by atoms with van der Waals surface area (Å²) in [6.07, 6.45) is 0. The van der Waals surface area contributed by atoms with Gasteiger partial charge in [-0.15, -0.1) is 0 Å². The lowest BCUT2D eigenvalue weighted by Crippen LogP contribution is -2.53. The Labute approximate surface area is 162 Å². The van der Waals surface area contributed by atoms with Crippen LogP contribution in [0, 0.1) is 19.3 Å². The maximum Gasteiger partial charge on any atom is 0.242 e. The Morgan fingerprint density at radius 2 is 1.41 bits per heavy atom. The summed E-state index contributed by atoms with van der Waals surface area (Å²) in [6.45, 7) is 13.2. The fourth-order valence-corrected chi connectivity index (χ4v) is 3.30. The lowest BCUT2D eigenvalue weighted by molar-refractivity contribution is -0.138. The van der Waals surface area contributed by atoms with E-state index < -0.39 is 5.41 Å². The van der Waals surface area contributed by atoms with E-state index in [0.29, 0.717) is 26.2 Å². The maximum atomic E-state index is 13.0. The molecule has 1 saturated heterocycles. The van der Waals surface area contributed by atoms with Crippen molar-refractivity contribution in [3.8, 4) is 0 Å². The van der Waals surface area contributed by atoms with Gasteiger partial charge in [-0.2, -0.15) is 0 Å². The van der Waals surface area contributed by atoms with Crippen LogP contribution in [-0.4, -0.2) is 60.2 Å². The van der Waals surface area contributed by atoms with E-state index in [0.717, 1.165) is 16.8 Å². The first-order valence-electron chi connectivity index (χ1n) is 9.42. The van der Waals surface area contributed by atoms with Crippen molar-refractivity contribution in [3.05, 3.63) is 29.3 Å². The molecule has 3 amide bonds. The summed E-state index contributed by atoms with van der Waals surface area (Å²) in [7, 11) is 0. The first-order chi connectivity index (χ1) is 12.5. The first-order valence-corrected chi connectivity index (χ1v) is 9.42. The fraction of sp³-hybridized carbons (Fsp3) is 0.571. The lowest BCUT2D eigenvalue weighted by atomic mass is 9.94. The Kier molecular flexibility index (Phi) is 6.29. The van der Waals surface area contributed by atoms with Gasteiger partial charge in [0.2, 0.25) is 17.7 Å². The highest BCUT2D eigenvalue weighted by atomic mass is 16.2. The number of rotatable bonds is 3. The quantitative estimate of drug-likeness (QED) is 0.817. The number of carbonyl (C=O) groups is 3. The molecule has 2 rings (SSSR count). The number of hydrogen-bond donors (Lipinski definition) is 0. The molecule has 1 aliphatic rings. The van der Waals surface area contributed by atoms with Gasteiger partial charge in [0.15, 0.2) is 0 Å². The Hall–Kier alpha value is -2.37. The van der Waals surface area contributed by atoms with E-state index in [-0.39, 0.29) is 24.3 Å². The second-order valence-corrected chi connectivity index (χ2v) is 8.37. The molecular weight excluding hydrogens is 342 g/mol. The normalized spacial score (nSPS) is 14.9. The molecule has 0 radical (unpaired) electrons. The van der Waals surface area contributed by atoms with Crippen LogP contribution in [0.25, 0.3) is 0 Å². The van der Waals surface area contributed by atoms with Gasteiger partial charge >= 0.3 is 0 Å². The van der Waals surface area contributed by atoms with Crippen molar-refractivity contribution < 1.29 is 14.4 Å². The molecule has 0 unspecified atom stereocenters. The van der Waals surface area contributed by atoms with Crippen LogP contribution in [0.5, 0.6) is 0 Å². The van der Waals surface area contributed by atoms with Crippen molar-refractivity contribution in [3.63, 3.8) is 0 Å². The molecule has 6 nitrogen and oxygen atoms in total. The summed E-state index contributed by atoms with van der Waals surface area (Å²) >= 11 is 0. The van der Waals surface area contributed by atoms with Gasteiger partial charge in [-0.3, -0.25) is 14.4 Å². The Morgan fingerprint density at radius 1 is 0.926 bits per heavy atom. The second kappa shape index (κ2) is 8.11. The molecular formula is C21H31N3O3. The minimum Gasteiger partial charge on any atom is -0.339 e. The molecule has 0 aromatic heterocycles. The number of nitrogens with zero attached hydrogens (tertiary/aromatic N) is 3. The van der Waals surface area contributed by atoms with Gasteiger partial charge in [0, 0.05) is 44.2 Å². The summed E-state index contributed by atoms with van der Waals surface area (Å²) in [4.78, 5) is 42.5. The molecule has 1 heterocycles. The van der Waals surface area contributed by atoms with Crippen LogP contribution >= 0.6 is 0 Å². The van der Waals surface area contributed by atoms with Gasteiger partial charge in [-0.1, -0.05) is 26.8 Å². The predicted octanol–water partition coefficient (Wildman–Crippen LogP) is 2.37. The van der Waals surface area contributed by atoms with Crippen LogP contribution in [0.1, 0.15) is 38.8 Å². The summed E-state index contributed by atoms with van der Waals surface area (Å²) in [5, 5.41) is 0. The van der Waals surface area contributed by atoms with Gasteiger partial charge in [0.1, 0.15) is 6.54 Å². The highest BCUT2D eigenvalue weighted by molar-refractivity contribution is 6.01. The number of hydrogen-bond acceptors (Lipinski definition) is 3. The van der Waals surface area contributed by atoms with Crippen LogP contribution < -0.4 is 4.90 Å². The topological polar surface area (TPSA) is 60.9 Å². The minimum atomic E-state index is -0.592. The van der Waals surface area contributed by atoms with Crippen LogP contribution in [0.15, 0.2) is 18.2 Å². The third kappa shape index (κ3) is 5.31. The van der Waals surface area contributed by atoms with Gasteiger partial charge in [0.25, 0.3) is 0 Å². The highest BCUT2D eigenvalue weighted by Gasteiger charge is 2.32. The number of benzene rings is 1. The van der Waals surface area contributed by atoms with E-state index in [2.05, 4.69) is 0 Å². The van der Waals surface area contributed by atoms with Gasteiger partial charge in [-0.25, -0.2) is 0 Å². The van der Waals surface area contributed by atoms with Crippen molar-refractivity contribution in [1.82, 2.24) is 9.80 Å². The number of amides is 3. The minimum absolute atomic E-state index is 0.0130. The lowest BCUT2D eigenvalue weighted by Gasteiger charge is -2.36. The second-order valence-electron chi connectivity index (χ2n) is 8.37. The summed E-state index contributed by atoms with van der Waals surface area (Å²) < 4.78 is 0. The Morgan fingerprint density at radius 3 is 1.85 bits per heavy atom. The number of piperazine rings is 1. The zero-order valence-electron chi connectivity index (χ0n) is 17.3. The largest absolute Gasteiger partial charge is 0.339 e. The molecule has 0 bridgehead atoms. The van der Waals surface area contributed by atoms with Crippen molar-refractivity contribution >= 4 is 23.4 Å². The first kappa shape index (κ1) is 20.9. The molecule has 27 heavy (non-hydrogen) atoms. The van der Waals surface area contributed by atoms with Crippen molar-refractivity contribution in [1.29, 1.82) is 0 Å². The molecule has 6 heteroatoms. The van der Waals surface area contributed by atoms with Crippen molar-refractivity contribution in [2.24, 2.45) is 5.41 Å². The van der Waals surface area contributed by atoms with E-state index in [4.69, 9.17) is 0 Å². The van der Waals surface area contributed by atoms with Crippen LogP contribution in [-0.2, 0) is 14.4 Å². The molecule has 1 fully saturated rings. The average molecular weight is 373 g/mol. The molecule has 148 valence electrons. The molecule has 0 N–H and O–H groups in total. The molecule has 1 aliphatic heterocycles. The Bertz CT molecular complexity index is 708. The smallest absolute Gasteiger partial charge is 0.242 e. The average Bonchev–Trinajstić information content (AvgIpc) is 2.57. The van der Waals surface area contributed by atoms with Gasteiger partial charge < -0.3 is 14.7 Å². The number of anilines is 1. The summed E-state index contributed by atoms with van der Waals surface area (Å²) in [5.41, 5.74) is 2.27. The molecule has 0 aliphatic carbocycles. The van der Waals surface area contributed by atoms with E-state index in [1.165, 1.54) is 0 Å². The Balaban J connectivity index is 2.21. The molecule has 0 saturated carbocycles. The van der Waals surface area contributed by atoms with Crippen molar-refractivity contribution in [2.75, 3.05) is 37.6 Å². The maximum absolute atomic E-state index is 13.0. The molecule has 0 spiro atoms. The summed E-state index contributed by atoms with van der Waals surface area (Å²) in [6, 6.07) is 5.93. The third-order valence-electron chi connectivity index (χ3n) is 4.78. The van der Waals surface area contributed by atoms with Crippen LogP contribution in [0.2, 0.25) is 0 Å². The van der Waals surface area contributed by atoms with E-state index in [1.807, 2.05) is 52.8 Å². The molecule has 1 aromatic carbocycles. The molecule has 0 atom stereocenters. The standard InChI is InChI=1S/C21H31N3O3/c1-15-11-16(2)13-18(12-15)24(20(27)21(4,5)6)14-19(26)23-9-7-22(8-10-23)17(3)25/h11-13H,7-10,14H2,1-6H3. The SMILES string of the molecule is CC(=O)N1CCN(C(=O)CN(C(=O)C(C)(C)C)c2cc(C)cc(C)c2)CC1. The van der Waals surface area contributed by atoms with Crippen molar-refractivity contribution in [2.45, 2.75) is 41.5 Å². The molecule has 1 aromatic rings. The number of aryl methyl sites for hydroxylation is 2.